The van der Waals surface area contributed by atoms with Crippen LogP contribution in [0.25, 0.3) is 11.2 Å². The number of aliphatic imine (C=N–C) groups is 1. The number of nitrogens with one attached hydrogen (secondary N) is 1. The zero-order valence-corrected chi connectivity index (χ0v) is 19.0. The second-order valence-corrected chi connectivity index (χ2v) is 7.02. The predicted octanol–water partition coefficient (Wildman–Crippen LogP) is 3.64. The monoisotopic (exact) mass is 419 g/mol. The molecule has 7 nitrogen and oxygen atoms in total. The maximum absolute atomic E-state index is 4.67. The zero-order valence-electron chi connectivity index (χ0n) is 19.0. The van der Waals surface area contributed by atoms with Gasteiger partial charge in [-0.2, -0.15) is 0 Å². The Morgan fingerprint density at radius 2 is 1.97 bits per heavy atom. The van der Waals surface area contributed by atoms with Gasteiger partial charge in [0.05, 0.1) is 17.6 Å². The number of imidazole rings is 1. The minimum atomic E-state index is 0.719. The van der Waals surface area contributed by atoms with Crippen molar-refractivity contribution in [3.63, 3.8) is 0 Å². The SMILES string of the molecule is C/C=C(\C=NCC)c1cnc2c(Cc3ccnc(N4CCNCC4)c3)nccn12.CC. The number of allylic oxidation sites excluding steroid dienone is 2. The van der Waals surface area contributed by atoms with Crippen LogP contribution < -0.4 is 10.2 Å². The molecule has 0 aliphatic carbocycles. The second-order valence-electron chi connectivity index (χ2n) is 7.02. The number of aromatic nitrogens is 4. The molecule has 1 aliphatic heterocycles. The van der Waals surface area contributed by atoms with Gasteiger partial charge in [-0.05, 0) is 31.5 Å². The summed E-state index contributed by atoms with van der Waals surface area (Å²) < 4.78 is 2.09. The summed E-state index contributed by atoms with van der Waals surface area (Å²) in [7, 11) is 0. The topological polar surface area (TPSA) is 70.7 Å². The fourth-order valence-corrected chi connectivity index (χ4v) is 3.62. The van der Waals surface area contributed by atoms with Crippen molar-refractivity contribution in [1.82, 2.24) is 24.7 Å². The molecule has 1 aliphatic rings. The van der Waals surface area contributed by atoms with Crippen LogP contribution in [0.1, 0.15) is 44.6 Å². The zero-order chi connectivity index (χ0) is 22.1. The van der Waals surface area contributed by atoms with Gasteiger partial charge >= 0.3 is 0 Å². The average Bonchev–Trinajstić information content (AvgIpc) is 3.27. The summed E-state index contributed by atoms with van der Waals surface area (Å²) in [6, 6.07) is 4.23. The molecule has 31 heavy (non-hydrogen) atoms. The third-order valence-corrected chi connectivity index (χ3v) is 5.14. The number of rotatable bonds is 6. The van der Waals surface area contributed by atoms with E-state index in [2.05, 4.69) is 52.8 Å². The van der Waals surface area contributed by atoms with Crippen molar-refractivity contribution in [2.45, 2.75) is 34.1 Å². The molecule has 4 rings (SSSR count). The summed E-state index contributed by atoms with van der Waals surface area (Å²) >= 11 is 0. The average molecular weight is 420 g/mol. The molecule has 0 saturated carbocycles. The molecule has 0 amide bonds. The molecule has 1 saturated heterocycles. The predicted molar refractivity (Wildman–Crippen MR) is 129 cm³/mol. The van der Waals surface area contributed by atoms with Crippen LogP contribution in [0.2, 0.25) is 0 Å². The van der Waals surface area contributed by atoms with E-state index in [4.69, 9.17) is 0 Å². The number of pyridine rings is 1. The van der Waals surface area contributed by atoms with Gasteiger partial charge in [0.2, 0.25) is 0 Å². The van der Waals surface area contributed by atoms with E-state index in [1.165, 1.54) is 5.56 Å². The van der Waals surface area contributed by atoms with Crippen LogP contribution in [-0.4, -0.2) is 58.3 Å². The Hall–Kier alpha value is -3.06. The van der Waals surface area contributed by atoms with Crippen molar-refractivity contribution < 1.29 is 0 Å². The fraction of sp³-hybridized carbons (Fsp3) is 0.417. The van der Waals surface area contributed by atoms with Crippen LogP contribution in [0, 0.1) is 0 Å². The minimum Gasteiger partial charge on any atom is -0.354 e. The Morgan fingerprint density at radius 3 is 2.71 bits per heavy atom. The highest BCUT2D eigenvalue weighted by Gasteiger charge is 2.14. The maximum Gasteiger partial charge on any atom is 0.159 e. The summed E-state index contributed by atoms with van der Waals surface area (Å²) in [4.78, 5) is 20.6. The van der Waals surface area contributed by atoms with Gasteiger partial charge in [-0.25, -0.2) is 9.97 Å². The summed E-state index contributed by atoms with van der Waals surface area (Å²) in [5, 5.41) is 3.38. The van der Waals surface area contributed by atoms with Crippen molar-refractivity contribution in [1.29, 1.82) is 0 Å². The first-order chi connectivity index (χ1) is 15.3. The molecule has 7 heteroatoms. The number of hydrogen-bond donors (Lipinski definition) is 1. The van der Waals surface area contributed by atoms with Gasteiger partial charge in [-0.1, -0.05) is 19.9 Å². The molecule has 0 spiro atoms. The van der Waals surface area contributed by atoms with E-state index in [-0.39, 0.29) is 0 Å². The van der Waals surface area contributed by atoms with Crippen LogP contribution in [-0.2, 0) is 6.42 Å². The van der Waals surface area contributed by atoms with Crippen molar-refractivity contribution in [3.8, 4) is 0 Å². The summed E-state index contributed by atoms with van der Waals surface area (Å²) in [5.41, 5.74) is 5.12. The number of hydrogen-bond acceptors (Lipinski definition) is 6. The summed E-state index contributed by atoms with van der Waals surface area (Å²) in [6.07, 6.45) is 12.3. The molecule has 0 radical (unpaired) electrons. The van der Waals surface area contributed by atoms with Crippen molar-refractivity contribution in [3.05, 3.63) is 59.9 Å². The largest absolute Gasteiger partial charge is 0.354 e. The molecule has 1 N–H and O–H groups in total. The smallest absolute Gasteiger partial charge is 0.159 e. The second kappa shape index (κ2) is 11.4. The lowest BCUT2D eigenvalue weighted by atomic mass is 10.1. The standard InChI is InChI=1S/C22H27N7.C2H6/c1-3-18(15-23-4-2)20-16-27-22-19(25-9-12-29(20)22)13-17-5-6-26-21(14-17)28-10-7-24-8-11-28;1-2/h3,5-6,9,12,14-16,24H,4,7-8,10-11,13H2,1-2H3;1-2H3/b18-3+,23-15?;. The highest BCUT2D eigenvalue weighted by Crippen LogP contribution is 2.20. The van der Waals surface area contributed by atoms with Crippen LogP contribution >= 0.6 is 0 Å². The van der Waals surface area contributed by atoms with Crippen molar-refractivity contribution >= 4 is 23.3 Å². The molecule has 3 aromatic rings. The quantitative estimate of drug-likeness (QED) is 0.618. The number of piperazine rings is 1. The third kappa shape index (κ3) is 5.35. The first-order valence-electron chi connectivity index (χ1n) is 11.2. The molecule has 0 atom stereocenters. The van der Waals surface area contributed by atoms with Crippen molar-refractivity contribution in [2.75, 3.05) is 37.6 Å². The van der Waals surface area contributed by atoms with Gasteiger partial charge in [0.15, 0.2) is 5.65 Å². The van der Waals surface area contributed by atoms with Gasteiger partial charge in [0.1, 0.15) is 5.82 Å². The van der Waals surface area contributed by atoms with Crippen LogP contribution in [0.3, 0.4) is 0 Å². The number of anilines is 1. The van der Waals surface area contributed by atoms with Crippen molar-refractivity contribution in [2.24, 2.45) is 4.99 Å². The fourth-order valence-electron chi connectivity index (χ4n) is 3.62. The van der Waals surface area contributed by atoms with Gasteiger partial charge in [0, 0.05) is 69.5 Å². The van der Waals surface area contributed by atoms with Gasteiger partial charge in [-0.3, -0.25) is 14.4 Å². The number of fused-ring (bicyclic) bond motifs is 1. The Labute approximate surface area is 185 Å². The normalized spacial score (nSPS) is 14.7. The number of nitrogens with zero attached hydrogens (tertiary/aromatic N) is 6. The van der Waals surface area contributed by atoms with Gasteiger partial charge in [-0.15, -0.1) is 0 Å². The highest BCUT2D eigenvalue weighted by molar-refractivity contribution is 6.09. The Kier molecular flexibility index (Phi) is 8.29. The van der Waals surface area contributed by atoms with E-state index in [0.29, 0.717) is 0 Å². The van der Waals surface area contributed by atoms with E-state index in [1.807, 2.05) is 58.7 Å². The lowest BCUT2D eigenvalue weighted by molar-refractivity contribution is 0.585. The maximum atomic E-state index is 4.67. The van der Waals surface area contributed by atoms with E-state index >= 15 is 0 Å². The Bertz CT molecular complexity index is 1030. The Balaban J connectivity index is 0.00000132. The molecular weight excluding hydrogens is 386 g/mol. The van der Waals surface area contributed by atoms with Crippen LogP contribution in [0.15, 0.2) is 48.0 Å². The third-order valence-electron chi connectivity index (χ3n) is 5.14. The molecule has 0 aromatic carbocycles. The summed E-state index contributed by atoms with van der Waals surface area (Å²) in [5.74, 6) is 1.03. The van der Waals surface area contributed by atoms with Gasteiger partial charge < -0.3 is 10.2 Å². The molecular formula is C24H33N7. The molecule has 4 heterocycles. The van der Waals surface area contributed by atoms with Gasteiger partial charge in [0.25, 0.3) is 0 Å². The first-order valence-corrected chi connectivity index (χ1v) is 11.2. The van der Waals surface area contributed by atoms with E-state index in [1.54, 1.807) is 0 Å². The minimum absolute atomic E-state index is 0.719. The van der Waals surface area contributed by atoms with Crippen LogP contribution in [0.5, 0.6) is 0 Å². The lowest BCUT2D eigenvalue weighted by Crippen LogP contribution is -2.43. The lowest BCUT2D eigenvalue weighted by Gasteiger charge is -2.28. The summed E-state index contributed by atoms with van der Waals surface area (Å²) in [6.45, 7) is 12.8. The molecule has 0 bridgehead atoms. The molecule has 3 aromatic heterocycles. The van der Waals surface area contributed by atoms with E-state index in [9.17, 15) is 0 Å². The molecule has 1 fully saturated rings. The Morgan fingerprint density at radius 1 is 1.16 bits per heavy atom. The first kappa shape index (κ1) is 22.6. The van der Waals surface area contributed by atoms with Crippen LogP contribution in [0.4, 0.5) is 5.82 Å². The molecule has 0 unspecified atom stereocenters. The van der Waals surface area contributed by atoms with E-state index in [0.717, 1.165) is 67.6 Å². The highest BCUT2D eigenvalue weighted by atomic mass is 15.2. The molecule has 164 valence electrons. The van der Waals surface area contributed by atoms with E-state index < -0.39 is 0 Å².